The largest absolute Gasteiger partial charge is 0.399 e. The number of benzene rings is 1. The number of rotatable bonds is 7. The van der Waals surface area contributed by atoms with E-state index in [2.05, 4.69) is 6.92 Å². The molecule has 0 aliphatic heterocycles. The van der Waals surface area contributed by atoms with Gasteiger partial charge in [-0.3, -0.25) is 0 Å². The highest BCUT2D eigenvalue weighted by Crippen LogP contribution is 2.34. The van der Waals surface area contributed by atoms with Gasteiger partial charge in [0.05, 0.1) is 4.90 Å². The number of nitrogens with zero attached hydrogens (tertiary/aromatic N) is 1. The molecule has 1 fully saturated rings. The van der Waals surface area contributed by atoms with Crippen molar-refractivity contribution in [3.8, 4) is 0 Å². The molecular weight excluding hydrogens is 272 g/mol. The molecule has 0 heterocycles. The lowest BCUT2D eigenvalue weighted by Crippen LogP contribution is -2.34. The Labute approximate surface area is 122 Å². The number of nitrogen functional groups attached to an aromatic ring is 1. The first-order valence-electron chi connectivity index (χ1n) is 7.41. The summed E-state index contributed by atoms with van der Waals surface area (Å²) in [5.41, 5.74) is 7.14. The molecule has 0 bridgehead atoms. The Hall–Kier alpha value is -1.07. The fourth-order valence-electron chi connectivity index (χ4n) is 2.41. The molecule has 1 aromatic carbocycles. The normalized spacial score (nSPS) is 15.8. The standard InChI is InChI=1S/C15H24N2O2S/c1-3-5-10-17(14-8-9-14)20(18,19)15-11-13(16)7-6-12(15)4-2/h6-7,11,14H,3-5,8-10,16H2,1-2H3. The second kappa shape index (κ2) is 6.14. The van der Waals surface area contributed by atoms with Crippen LogP contribution in [-0.2, 0) is 16.4 Å². The topological polar surface area (TPSA) is 63.4 Å². The molecule has 20 heavy (non-hydrogen) atoms. The van der Waals surface area contributed by atoms with Gasteiger partial charge < -0.3 is 5.73 Å². The zero-order chi connectivity index (χ0) is 14.8. The van der Waals surface area contributed by atoms with Crippen molar-refractivity contribution >= 4 is 15.7 Å². The van der Waals surface area contributed by atoms with Crippen molar-refractivity contribution in [3.63, 3.8) is 0 Å². The minimum atomic E-state index is -3.42. The highest BCUT2D eigenvalue weighted by molar-refractivity contribution is 7.89. The number of unbranched alkanes of at least 4 members (excludes halogenated alkanes) is 1. The first-order chi connectivity index (χ1) is 9.50. The van der Waals surface area contributed by atoms with Gasteiger partial charge in [-0.25, -0.2) is 8.42 Å². The molecule has 112 valence electrons. The van der Waals surface area contributed by atoms with E-state index in [-0.39, 0.29) is 6.04 Å². The zero-order valence-corrected chi connectivity index (χ0v) is 13.1. The first-order valence-corrected chi connectivity index (χ1v) is 8.85. The Morgan fingerprint density at radius 3 is 2.55 bits per heavy atom. The maximum atomic E-state index is 12.9. The highest BCUT2D eigenvalue weighted by atomic mass is 32.2. The molecular formula is C15H24N2O2S. The van der Waals surface area contributed by atoms with Crippen molar-refractivity contribution in [2.24, 2.45) is 0 Å². The van der Waals surface area contributed by atoms with E-state index >= 15 is 0 Å². The van der Waals surface area contributed by atoms with Gasteiger partial charge in [0.25, 0.3) is 0 Å². The van der Waals surface area contributed by atoms with Crippen molar-refractivity contribution in [3.05, 3.63) is 23.8 Å². The van der Waals surface area contributed by atoms with Crippen LogP contribution < -0.4 is 5.73 Å². The van der Waals surface area contributed by atoms with Gasteiger partial charge in [-0.1, -0.05) is 26.3 Å². The average molecular weight is 296 g/mol. The zero-order valence-electron chi connectivity index (χ0n) is 12.3. The van der Waals surface area contributed by atoms with Crippen LogP contribution in [0.2, 0.25) is 0 Å². The molecule has 0 aromatic heterocycles. The quantitative estimate of drug-likeness (QED) is 0.787. The molecule has 0 amide bonds. The Balaban J connectivity index is 2.39. The van der Waals surface area contributed by atoms with E-state index in [1.54, 1.807) is 16.4 Å². The number of hydrogen-bond acceptors (Lipinski definition) is 3. The summed E-state index contributed by atoms with van der Waals surface area (Å²) in [6.07, 6.45) is 4.55. The van der Waals surface area contributed by atoms with E-state index in [9.17, 15) is 8.42 Å². The van der Waals surface area contributed by atoms with Gasteiger partial charge >= 0.3 is 0 Å². The Kier molecular flexibility index (Phi) is 4.70. The summed E-state index contributed by atoms with van der Waals surface area (Å²) >= 11 is 0. The van der Waals surface area contributed by atoms with Crippen LogP contribution in [0.25, 0.3) is 0 Å². The molecule has 0 unspecified atom stereocenters. The predicted molar refractivity (Wildman–Crippen MR) is 82.1 cm³/mol. The second-order valence-corrected chi connectivity index (χ2v) is 7.28. The molecule has 1 aliphatic rings. The molecule has 4 nitrogen and oxygen atoms in total. The van der Waals surface area contributed by atoms with Crippen LogP contribution in [0, 0.1) is 0 Å². The third kappa shape index (κ3) is 3.15. The van der Waals surface area contributed by atoms with Gasteiger partial charge in [0.15, 0.2) is 0 Å². The minimum Gasteiger partial charge on any atom is -0.399 e. The maximum absolute atomic E-state index is 12.9. The summed E-state index contributed by atoms with van der Waals surface area (Å²) in [6.45, 7) is 4.66. The van der Waals surface area contributed by atoms with Crippen molar-refractivity contribution in [1.82, 2.24) is 4.31 Å². The van der Waals surface area contributed by atoms with Crippen molar-refractivity contribution in [2.75, 3.05) is 12.3 Å². The van der Waals surface area contributed by atoms with Crippen LogP contribution in [0.3, 0.4) is 0 Å². The van der Waals surface area contributed by atoms with Gasteiger partial charge in [0.1, 0.15) is 0 Å². The van der Waals surface area contributed by atoms with Crippen molar-refractivity contribution in [2.45, 2.75) is 56.9 Å². The summed E-state index contributed by atoms with van der Waals surface area (Å²) in [4.78, 5) is 0.392. The Morgan fingerprint density at radius 2 is 2.00 bits per heavy atom. The molecule has 2 rings (SSSR count). The van der Waals surface area contributed by atoms with Gasteiger partial charge in [0.2, 0.25) is 10.0 Å². The van der Waals surface area contributed by atoms with Gasteiger partial charge in [-0.05, 0) is 43.4 Å². The van der Waals surface area contributed by atoms with Crippen molar-refractivity contribution < 1.29 is 8.42 Å². The number of hydrogen-bond donors (Lipinski definition) is 1. The lowest BCUT2D eigenvalue weighted by atomic mass is 10.1. The molecule has 1 aromatic rings. The summed E-state index contributed by atoms with van der Waals surface area (Å²) < 4.78 is 27.5. The molecule has 1 saturated carbocycles. The smallest absolute Gasteiger partial charge is 0.243 e. The number of nitrogens with two attached hydrogens (primary N) is 1. The number of sulfonamides is 1. The molecule has 1 aliphatic carbocycles. The maximum Gasteiger partial charge on any atom is 0.243 e. The summed E-state index contributed by atoms with van der Waals surface area (Å²) in [5.74, 6) is 0. The van der Waals surface area contributed by atoms with Gasteiger partial charge in [-0.2, -0.15) is 4.31 Å². The monoisotopic (exact) mass is 296 g/mol. The Bertz CT molecular complexity index is 565. The molecule has 0 atom stereocenters. The van der Waals surface area contributed by atoms with Crippen LogP contribution in [-0.4, -0.2) is 25.3 Å². The number of aryl methyl sites for hydroxylation is 1. The van der Waals surface area contributed by atoms with Crippen LogP contribution in [0.15, 0.2) is 23.1 Å². The summed E-state index contributed by atoms with van der Waals surface area (Å²) in [7, 11) is -3.42. The van der Waals surface area contributed by atoms with Crippen molar-refractivity contribution in [1.29, 1.82) is 0 Å². The lowest BCUT2D eigenvalue weighted by Gasteiger charge is -2.23. The average Bonchev–Trinajstić information content (AvgIpc) is 3.23. The van der Waals surface area contributed by atoms with Crippen LogP contribution >= 0.6 is 0 Å². The van der Waals surface area contributed by atoms with E-state index in [1.807, 2.05) is 13.0 Å². The van der Waals surface area contributed by atoms with E-state index in [0.29, 0.717) is 23.5 Å². The Morgan fingerprint density at radius 1 is 1.30 bits per heavy atom. The molecule has 5 heteroatoms. The van der Waals surface area contributed by atoms with Crippen LogP contribution in [0.1, 0.15) is 45.1 Å². The highest BCUT2D eigenvalue weighted by Gasteiger charge is 2.38. The second-order valence-electron chi connectivity index (χ2n) is 5.42. The molecule has 0 saturated heterocycles. The first kappa shape index (κ1) is 15.3. The minimum absolute atomic E-state index is 0.192. The van der Waals surface area contributed by atoms with E-state index in [1.165, 1.54) is 0 Å². The number of anilines is 1. The van der Waals surface area contributed by atoms with Gasteiger partial charge in [-0.15, -0.1) is 0 Å². The third-order valence-corrected chi connectivity index (χ3v) is 5.78. The third-order valence-electron chi connectivity index (χ3n) is 3.74. The molecule has 2 N–H and O–H groups in total. The lowest BCUT2D eigenvalue weighted by molar-refractivity contribution is 0.395. The predicted octanol–water partition coefficient (Wildman–Crippen LogP) is 2.78. The molecule has 0 spiro atoms. The fourth-order valence-corrected chi connectivity index (χ4v) is 4.46. The van der Waals surface area contributed by atoms with Crippen LogP contribution in [0.4, 0.5) is 5.69 Å². The van der Waals surface area contributed by atoms with Crippen LogP contribution in [0.5, 0.6) is 0 Å². The SMILES string of the molecule is CCCCN(C1CC1)S(=O)(=O)c1cc(N)ccc1CC. The summed E-state index contributed by atoms with van der Waals surface area (Å²) in [6, 6.07) is 5.39. The van der Waals surface area contributed by atoms with E-state index in [4.69, 9.17) is 5.73 Å². The fraction of sp³-hybridized carbons (Fsp3) is 0.600. The summed E-state index contributed by atoms with van der Waals surface area (Å²) in [5, 5.41) is 0. The van der Waals surface area contributed by atoms with Gasteiger partial charge in [0, 0.05) is 18.3 Å². The molecule has 0 radical (unpaired) electrons. The van der Waals surface area contributed by atoms with E-state index < -0.39 is 10.0 Å². The van der Waals surface area contributed by atoms with E-state index in [0.717, 1.165) is 31.2 Å².